The van der Waals surface area contributed by atoms with E-state index < -0.39 is 39.7 Å². The third-order valence-corrected chi connectivity index (χ3v) is 8.67. The first-order valence-electron chi connectivity index (χ1n) is 13.1. The standard InChI is InChI=1S/C25H27N5O6S.C2HF3O2/c1-29(24(33)10-16-5-6-22-20(9-16)27-23(32)14-37(22,34)35)21(13-30-8-7-19(31)12-30)17-3-2-4-18(11-17)25-26-15-36-28-25;3-2(4,5)1(6)7/h2-6,9,11,15,19,21,31H,7-8,10,12-14H2,1H3,(H,27,32);(H,6,7)/t19-,21-;/m1./s1. The fourth-order valence-corrected chi connectivity index (χ4v) is 6.12. The lowest BCUT2D eigenvalue weighted by Gasteiger charge is -2.32. The first kappa shape index (κ1) is 32.6. The number of likely N-dealkylation sites (N-methyl/N-ethyl adjacent to an activating group) is 1. The van der Waals surface area contributed by atoms with Crippen LogP contribution >= 0.6 is 0 Å². The summed E-state index contributed by atoms with van der Waals surface area (Å²) in [6.45, 7) is 1.78. The van der Waals surface area contributed by atoms with Gasteiger partial charge in [-0.1, -0.05) is 29.4 Å². The van der Waals surface area contributed by atoms with E-state index in [1.54, 1.807) is 24.1 Å². The molecule has 3 heterocycles. The predicted octanol–water partition coefficient (Wildman–Crippen LogP) is 1.90. The van der Waals surface area contributed by atoms with Gasteiger partial charge in [-0.15, -0.1) is 0 Å². The van der Waals surface area contributed by atoms with Crippen molar-refractivity contribution in [2.75, 3.05) is 37.8 Å². The van der Waals surface area contributed by atoms with Crippen LogP contribution in [0.25, 0.3) is 11.4 Å². The van der Waals surface area contributed by atoms with Gasteiger partial charge < -0.3 is 25.0 Å². The van der Waals surface area contributed by atoms with E-state index in [0.717, 1.165) is 17.7 Å². The van der Waals surface area contributed by atoms with Gasteiger partial charge in [0, 0.05) is 32.2 Å². The minimum absolute atomic E-state index is 0.0172. The number of carbonyl (C=O) groups is 3. The Morgan fingerprint density at radius 3 is 2.57 bits per heavy atom. The van der Waals surface area contributed by atoms with Gasteiger partial charge in [-0.2, -0.15) is 18.2 Å². The zero-order valence-corrected chi connectivity index (χ0v) is 24.0. The molecule has 0 aliphatic carbocycles. The molecule has 236 valence electrons. The Bertz CT molecular complexity index is 1630. The smallest absolute Gasteiger partial charge is 0.475 e. The number of aromatic nitrogens is 2. The molecule has 2 atom stereocenters. The van der Waals surface area contributed by atoms with Crippen molar-refractivity contribution in [1.29, 1.82) is 0 Å². The molecule has 5 rings (SSSR count). The number of hydrogen-bond donors (Lipinski definition) is 3. The van der Waals surface area contributed by atoms with Crippen LogP contribution < -0.4 is 5.32 Å². The Kier molecular flexibility index (Phi) is 9.70. The van der Waals surface area contributed by atoms with E-state index in [4.69, 9.17) is 14.4 Å². The number of anilines is 1. The molecule has 2 aromatic carbocycles. The number of β-amino-alcohol motifs (C(OH)–C–C–N with tert-alkyl or cyclic N) is 1. The molecule has 13 nitrogen and oxygen atoms in total. The maximum Gasteiger partial charge on any atom is 0.490 e. The zero-order chi connectivity index (χ0) is 32.2. The molecule has 0 unspecified atom stereocenters. The van der Waals surface area contributed by atoms with Crippen LogP contribution in [0.2, 0.25) is 0 Å². The van der Waals surface area contributed by atoms with Crippen LogP contribution in [0.15, 0.2) is 58.3 Å². The molecule has 1 fully saturated rings. The van der Waals surface area contributed by atoms with Crippen molar-refractivity contribution in [3.63, 3.8) is 0 Å². The molecule has 3 aromatic rings. The Labute approximate surface area is 249 Å². The summed E-state index contributed by atoms with van der Waals surface area (Å²) in [5, 5.41) is 23.6. The maximum absolute atomic E-state index is 13.5. The predicted molar refractivity (Wildman–Crippen MR) is 147 cm³/mol. The van der Waals surface area contributed by atoms with Crippen LogP contribution in [-0.2, 0) is 30.6 Å². The molecule has 1 aromatic heterocycles. The molecule has 17 heteroatoms. The third-order valence-electron chi connectivity index (χ3n) is 7.00. The van der Waals surface area contributed by atoms with E-state index in [2.05, 4.69) is 20.4 Å². The highest BCUT2D eigenvalue weighted by molar-refractivity contribution is 7.92. The second kappa shape index (κ2) is 13.1. The van der Waals surface area contributed by atoms with Crippen molar-refractivity contribution in [2.45, 2.75) is 36.1 Å². The van der Waals surface area contributed by atoms with E-state index in [1.807, 2.05) is 24.3 Å². The number of carboxylic acid groups (broad SMARTS) is 1. The van der Waals surface area contributed by atoms with Crippen molar-refractivity contribution in [3.05, 3.63) is 60.0 Å². The highest BCUT2D eigenvalue weighted by Crippen LogP contribution is 2.30. The maximum atomic E-state index is 13.5. The van der Waals surface area contributed by atoms with Gasteiger partial charge in [-0.25, -0.2) is 13.2 Å². The van der Waals surface area contributed by atoms with Crippen LogP contribution in [0.4, 0.5) is 18.9 Å². The van der Waals surface area contributed by atoms with Gasteiger partial charge in [-0.05, 0) is 35.7 Å². The average molecular weight is 640 g/mol. The molecule has 0 spiro atoms. The number of carbonyl (C=O) groups excluding carboxylic acids is 2. The summed E-state index contributed by atoms with van der Waals surface area (Å²) in [6.07, 6.45) is -3.53. The number of halogens is 3. The number of sulfone groups is 1. The van der Waals surface area contributed by atoms with Crippen molar-refractivity contribution in [2.24, 2.45) is 0 Å². The van der Waals surface area contributed by atoms with Crippen molar-refractivity contribution in [1.82, 2.24) is 19.9 Å². The monoisotopic (exact) mass is 639 g/mol. The van der Waals surface area contributed by atoms with Crippen molar-refractivity contribution in [3.8, 4) is 11.4 Å². The average Bonchev–Trinajstić information content (AvgIpc) is 3.62. The lowest BCUT2D eigenvalue weighted by atomic mass is 10.0. The zero-order valence-electron chi connectivity index (χ0n) is 23.2. The van der Waals surface area contributed by atoms with E-state index >= 15 is 0 Å². The van der Waals surface area contributed by atoms with E-state index in [1.165, 1.54) is 12.5 Å². The summed E-state index contributed by atoms with van der Waals surface area (Å²) in [7, 11) is -1.97. The molecule has 2 aliphatic rings. The number of nitrogens with zero attached hydrogens (tertiary/aromatic N) is 4. The van der Waals surface area contributed by atoms with Crippen LogP contribution in [0, 0.1) is 0 Å². The molecule has 1 saturated heterocycles. The number of fused-ring (bicyclic) bond motifs is 1. The van der Waals surface area contributed by atoms with Gasteiger partial charge >= 0.3 is 12.1 Å². The molecule has 0 saturated carbocycles. The number of aliphatic hydroxyl groups excluding tert-OH is 1. The fraction of sp³-hybridized carbons (Fsp3) is 0.370. The number of carboxylic acids is 1. The molecule has 2 amide bonds. The molecule has 2 aliphatic heterocycles. The highest BCUT2D eigenvalue weighted by atomic mass is 32.2. The SMILES string of the molecule is CN(C(=O)Cc1ccc2c(c1)NC(=O)CS2(=O)=O)[C@H](CN1CC[C@@H](O)C1)c1cccc(-c2ncon2)c1.O=C(O)C(F)(F)F. The summed E-state index contributed by atoms with van der Waals surface area (Å²) in [4.78, 5) is 42.1. The lowest BCUT2D eigenvalue weighted by molar-refractivity contribution is -0.192. The Morgan fingerprint density at radius 2 is 1.95 bits per heavy atom. The number of aliphatic carboxylic acids is 1. The van der Waals surface area contributed by atoms with Crippen LogP contribution in [-0.4, -0.2) is 101 Å². The largest absolute Gasteiger partial charge is 0.490 e. The normalized spacial score (nSPS) is 18.4. The summed E-state index contributed by atoms with van der Waals surface area (Å²) in [5.41, 5.74) is 2.41. The number of aliphatic hydroxyl groups is 1. The third kappa shape index (κ3) is 7.97. The van der Waals surface area contributed by atoms with Crippen molar-refractivity contribution >= 4 is 33.3 Å². The molecule has 0 bridgehead atoms. The van der Waals surface area contributed by atoms with Gasteiger partial charge in [0.1, 0.15) is 5.75 Å². The summed E-state index contributed by atoms with van der Waals surface area (Å²) in [6, 6.07) is 11.8. The quantitative estimate of drug-likeness (QED) is 0.343. The molecule has 3 N–H and O–H groups in total. The fourth-order valence-electron chi connectivity index (χ4n) is 4.82. The van der Waals surface area contributed by atoms with Crippen LogP contribution in [0.1, 0.15) is 23.6 Å². The summed E-state index contributed by atoms with van der Waals surface area (Å²) >= 11 is 0. The second-order valence-corrected chi connectivity index (χ2v) is 12.2. The number of hydrogen-bond acceptors (Lipinski definition) is 10. The van der Waals surface area contributed by atoms with E-state index in [-0.39, 0.29) is 29.0 Å². The number of nitrogens with one attached hydrogen (secondary N) is 1. The Balaban J connectivity index is 0.000000566. The minimum atomic E-state index is -5.08. The number of benzene rings is 2. The summed E-state index contributed by atoms with van der Waals surface area (Å²) in [5.74, 6) is -3.68. The van der Waals surface area contributed by atoms with Gasteiger partial charge in [0.25, 0.3) is 0 Å². The van der Waals surface area contributed by atoms with Crippen LogP contribution in [0.5, 0.6) is 0 Å². The first-order chi connectivity index (χ1) is 20.6. The van der Waals surface area contributed by atoms with Gasteiger partial charge in [-0.3, -0.25) is 14.5 Å². The minimum Gasteiger partial charge on any atom is -0.475 e. The second-order valence-electron chi connectivity index (χ2n) is 10.2. The van der Waals surface area contributed by atoms with Crippen molar-refractivity contribution < 1.29 is 50.7 Å². The van der Waals surface area contributed by atoms with Crippen LogP contribution in [0.3, 0.4) is 0 Å². The number of rotatable bonds is 7. The first-order valence-corrected chi connectivity index (χ1v) is 14.8. The lowest BCUT2D eigenvalue weighted by Crippen LogP contribution is -2.39. The van der Waals surface area contributed by atoms with Gasteiger partial charge in [0.05, 0.1) is 29.1 Å². The Morgan fingerprint density at radius 1 is 1.23 bits per heavy atom. The topological polar surface area (TPSA) is 183 Å². The highest BCUT2D eigenvalue weighted by Gasteiger charge is 2.38. The van der Waals surface area contributed by atoms with Gasteiger partial charge in [0.2, 0.25) is 24.0 Å². The number of alkyl halides is 3. The number of amides is 2. The van der Waals surface area contributed by atoms with E-state index in [9.17, 15) is 36.3 Å². The summed E-state index contributed by atoms with van der Waals surface area (Å²) < 4.78 is 61.2. The van der Waals surface area contributed by atoms with Gasteiger partial charge in [0.15, 0.2) is 9.84 Å². The molecule has 0 radical (unpaired) electrons. The van der Waals surface area contributed by atoms with E-state index in [0.29, 0.717) is 30.9 Å². The molecular formula is C27H28F3N5O8S. The molecule has 44 heavy (non-hydrogen) atoms. The molecular weight excluding hydrogens is 611 g/mol. The Hall–Kier alpha value is -4.35. The number of likely N-dealkylation sites (tertiary alicyclic amines) is 1.